The van der Waals surface area contributed by atoms with Gasteiger partial charge in [-0.2, -0.15) is 5.10 Å². The second-order valence-electron chi connectivity index (χ2n) is 6.07. The van der Waals surface area contributed by atoms with Crippen molar-refractivity contribution in [1.29, 1.82) is 0 Å². The SMILES string of the molecule is C=Cc1c(C(=O)Nc2ccc(OC)c(C(=O)NCCCN)c2)nn(C)c1/N=C\C. The summed E-state index contributed by atoms with van der Waals surface area (Å²) in [5, 5.41) is 9.77. The van der Waals surface area contributed by atoms with Crippen LogP contribution < -0.4 is 21.1 Å². The number of carbonyl (C=O) groups excluding carboxylic acids is 2. The van der Waals surface area contributed by atoms with Gasteiger partial charge in [-0.3, -0.25) is 9.59 Å². The highest BCUT2D eigenvalue weighted by Crippen LogP contribution is 2.26. The Hall–Kier alpha value is -3.46. The van der Waals surface area contributed by atoms with Crippen molar-refractivity contribution in [1.82, 2.24) is 15.1 Å². The molecular formula is C20H26N6O3. The van der Waals surface area contributed by atoms with Crippen molar-refractivity contribution >= 4 is 35.6 Å². The third-order valence-corrected chi connectivity index (χ3v) is 4.09. The lowest BCUT2D eigenvalue weighted by molar-refractivity contribution is 0.0949. The third kappa shape index (κ3) is 5.08. The number of aliphatic imine (C=N–C) groups is 1. The van der Waals surface area contributed by atoms with E-state index in [9.17, 15) is 9.59 Å². The number of anilines is 1. The van der Waals surface area contributed by atoms with Gasteiger partial charge in [0.25, 0.3) is 11.8 Å². The third-order valence-electron chi connectivity index (χ3n) is 4.09. The van der Waals surface area contributed by atoms with Crippen LogP contribution in [0.25, 0.3) is 6.08 Å². The van der Waals surface area contributed by atoms with Crippen LogP contribution in [0.5, 0.6) is 5.75 Å². The number of ether oxygens (including phenoxy) is 1. The highest BCUT2D eigenvalue weighted by molar-refractivity contribution is 6.07. The van der Waals surface area contributed by atoms with Crippen molar-refractivity contribution in [2.45, 2.75) is 13.3 Å². The first kappa shape index (κ1) is 21.8. The van der Waals surface area contributed by atoms with E-state index in [2.05, 4.69) is 27.3 Å². The fraction of sp³-hybridized carbons (Fsp3) is 0.300. The molecule has 2 aromatic rings. The van der Waals surface area contributed by atoms with Gasteiger partial charge in [0, 0.05) is 25.5 Å². The molecule has 0 atom stereocenters. The maximum absolute atomic E-state index is 12.8. The zero-order chi connectivity index (χ0) is 21.4. The first-order valence-corrected chi connectivity index (χ1v) is 9.12. The molecule has 0 aliphatic heterocycles. The molecule has 1 aromatic heterocycles. The van der Waals surface area contributed by atoms with Gasteiger partial charge in [-0.1, -0.05) is 12.7 Å². The molecule has 0 unspecified atom stereocenters. The van der Waals surface area contributed by atoms with Crippen LogP contribution >= 0.6 is 0 Å². The number of aromatic nitrogens is 2. The molecule has 0 saturated heterocycles. The van der Waals surface area contributed by atoms with Crippen molar-refractivity contribution in [3.05, 3.63) is 41.6 Å². The summed E-state index contributed by atoms with van der Waals surface area (Å²) in [6.07, 6.45) is 3.82. The van der Waals surface area contributed by atoms with Gasteiger partial charge in [0.1, 0.15) is 5.75 Å². The van der Waals surface area contributed by atoms with Crippen LogP contribution in [0.4, 0.5) is 11.5 Å². The molecule has 154 valence electrons. The molecule has 9 nitrogen and oxygen atoms in total. The molecule has 0 bridgehead atoms. The Morgan fingerprint density at radius 1 is 1.38 bits per heavy atom. The van der Waals surface area contributed by atoms with Crippen molar-refractivity contribution in [2.75, 3.05) is 25.5 Å². The second kappa shape index (κ2) is 10.2. The van der Waals surface area contributed by atoms with Gasteiger partial charge < -0.3 is 21.1 Å². The topological polar surface area (TPSA) is 124 Å². The lowest BCUT2D eigenvalue weighted by atomic mass is 10.1. The van der Waals surface area contributed by atoms with Crippen LogP contribution in [0.15, 0.2) is 29.8 Å². The summed E-state index contributed by atoms with van der Waals surface area (Å²) < 4.78 is 6.77. The Balaban J connectivity index is 2.29. The Morgan fingerprint density at radius 2 is 2.14 bits per heavy atom. The molecule has 29 heavy (non-hydrogen) atoms. The predicted octanol–water partition coefficient (Wildman–Crippen LogP) is 2.12. The van der Waals surface area contributed by atoms with E-state index in [4.69, 9.17) is 10.5 Å². The minimum Gasteiger partial charge on any atom is -0.496 e. The first-order chi connectivity index (χ1) is 14.0. The Kier molecular flexibility index (Phi) is 7.67. The molecule has 0 saturated carbocycles. The fourth-order valence-electron chi connectivity index (χ4n) is 2.72. The number of nitrogens with zero attached hydrogens (tertiary/aromatic N) is 3. The van der Waals surface area contributed by atoms with E-state index in [0.717, 1.165) is 0 Å². The Bertz CT molecular complexity index is 933. The van der Waals surface area contributed by atoms with Gasteiger partial charge in [0.05, 0.1) is 18.2 Å². The summed E-state index contributed by atoms with van der Waals surface area (Å²) in [5.41, 5.74) is 6.90. The summed E-state index contributed by atoms with van der Waals surface area (Å²) in [6.45, 7) is 6.45. The number of aryl methyl sites for hydroxylation is 1. The predicted molar refractivity (Wildman–Crippen MR) is 114 cm³/mol. The van der Waals surface area contributed by atoms with Gasteiger partial charge in [-0.05, 0) is 38.1 Å². The number of hydrogen-bond donors (Lipinski definition) is 3. The van der Waals surface area contributed by atoms with E-state index < -0.39 is 5.91 Å². The largest absolute Gasteiger partial charge is 0.496 e. The lowest BCUT2D eigenvalue weighted by Gasteiger charge is -2.12. The van der Waals surface area contributed by atoms with E-state index in [-0.39, 0.29) is 11.6 Å². The molecule has 4 N–H and O–H groups in total. The highest BCUT2D eigenvalue weighted by Gasteiger charge is 2.20. The molecule has 0 aliphatic carbocycles. The molecule has 1 heterocycles. The normalized spacial score (nSPS) is 10.8. The van der Waals surface area contributed by atoms with E-state index in [1.807, 2.05) is 0 Å². The quantitative estimate of drug-likeness (QED) is 0.441. The molecule has 0 aliphatic rings. The van der Waals surface area contributed by atoms with Crippen molar-refractivity contribution in [3.63, 3.8) is 0 Å². The van der Waals surface area contributed by atoms with Crippen LogP contribution in [0.3, 0.4) is 0 Å². The molecule has 0 fully saturated rings. The summed E-state index contributed by atoms with van der Waals surface area (Å²) in [7, 11) is 3.17. The lowest BCUT2D eigenvalue weighted by Crippen LogP contribution is -2.26. The molecule has 0 radical (unpaired) electrons. The molecule has 0 spiro atoms. The first-order valence-electron chi connectivity index (χ1n) is 9.12. The Labute approximate surface area is 169 Å². The van der Waals surface area contributed by atoms with Gasteiger partial charge in [0.2, 0.25) is 0 Å². The average molecular weight is 398 g/mol. The number of hydrogen-bond acceptors (Lipinski definition) is 6. The Morgan fingerprint density at radius 3 is 2.76 bits per heavy atom. The minimum absolute atomic E-state index is 0.188. The zero-order valence-corrected chi connectivity index (χ0v) is 16.9. The highest BCUT2D eigenvalue weighted by atomic mass is 16.5. The standard InChI is InChI=1S/C20H26N6O3/c1-5-14-17(25-26(3)18(14)22-6-2)20(28)24-13-8-9-16(29-4)15(12-13)19(27)23-11-7-10-21/h5-6,8-9,12H,1,7,10-11,21H2,2-4H3,(H,23,27)(H,24,28)/b22-6-. The number of rotatable bonds is 9. The number of methoxy groups -OCH3 is 1. The smallest absolute Gasteiger partial charge is 0.276 e. The molecular weight excluding hydrogens is 372 g/mol. The van der Waals surface area contributed by atoms with E-state index in [0.29, 0.717) is 47.9 Å². The number of carbonyl (C=O) groups is 2. The summed E-state index contributed by atoms with van der Waals surface area (Å²) in [4.78, 5) is 29.4. The number of nitrogens with two attached hydrogens (primary N) is 1. The van der Waals surface area contributed by atoms with Crippen LogP contribution in [0.1, 0.15) is 39.8 Å². The average Bonchev–Trinajstić information content (AvgIpc) is 3.04. The maximum atomic E-state index is 12.8. The van der Waals surface area contributed by atoms with Crippen LogP contribution in [-0.4, -0.2) is 48.0 Å². The van der Waals surface area contributed by atoms with E-state index in [1.165, 1.54) is 17.9 Å². The van der Waals surface area contributed by atoms with E-state index >= 15 is 0 Å². The molecule has 1 aromatic carbocycles. The second-order valence-corrected chi connectivity index (χ2v) is 6.07. The van der Waals surface area contributed by atoms with E-state index in [1.54, 1.807) is 38.4 Å². The number of amides is 2. The minimum atomic E-state index is -0.437. The fourth-order valence-corrected chi connectivity index (χ4v) is 2.72. The van der Waals surface area contributed by atoms with Crippen molar-refractivity contribution in [3.8, 4) is 5.75 Å². The van der Waals surface area contributed by atoms with Gasteiger partial charge >= 0.3 is 0 Å². The van der Waals surface area contributed by atoms with Gasteiger partial charge in [0.15, 0.2) is 11.5 Å². The van der Waals surface area contributed by atoms with Gasteiger partial charge in [-0.25, -0.2) is 9.67 Å². The molecule has 2 rings (SSSR count). The van der Waals surface area contributed by atoms with Crippen molar-refractivity contribution in [2.24, 2.45) is 17.8 Å². The van der Waals surface area contributed by atoms with Crippen LogP contribution in [-0.2, 0) is 7.05 Å². The van der Waals surface area contributed by atoms with Crippen LogP contribution in [0, 0.1) is 0 Å². The van der Waals surface area contributed by atoms with Crippen LogP contribution in [0.2, 0.25) is 0 Å². The van der Waals surface area contributed by atoms with Crippen molar-refractivity contribution < 1.29 is 14.3 Å². The summed E-state index contributed by atoms with van der Waals surface area (Å²) in [6, 6.07) is 4.82. The maximum Gasteiger partial charge on any atom is 0.276 e. The zero-order valence-electron chi connectivity index (χ0n) is 16.9. The number of benzene rings is 1. The molecule has 2 amide bonds. The number of nitrogens with one attached hydrogen (secondary N) is 2. The summed E-state index contributed by atoms with van der Waals surface area (Å²) >= 11 is 0. The monoisotopic (exact) mass is 398 g/mol. The molecule has 9 heteroatoms. The van der Waals surface area contributed by atoms with Gasteiger partial charge in [-0.15, -0.1) is 0 Å². The summed E-state index contributed by atoms with van der Waals surface area (Å²) in [5.74, 6) is 0.183.